The van der Waals surface area contributed by atoms with E-state index in [4.69, 9.17) is 5.26 Å². The van der Waals surface area contributed by atoms with E-state index in [0.29, 0.717) is 5.92 Å². The van der Waals surface area contributed by atoms with Crippen LogP contribution in [0.15, 0.2) is 0 Å². The van der Waals surface area contributed by atoms with E-state index in [-0.39, 0.29) is 11.9 Å². The first kappa shape index (κ1) is 11.0. The fourth-order valence-electron chi connectivity index (χ4n) is 1.95. The molecule has 1 rings (SSSR count). The van der Waals surface area contributed by atoms with Gasteiger partial charge in [0.25, 0.3) is 0 Å². The molecule has 0 aromatic carbocycles. The number of nitrogens with zero attached hydrogens (tertiary/aromatic N) is 2. The Morgan fingerprint density at radius 2 is 2.21 bits per heavy atom. The maximum Gasteiger partial charge on any atom is 0.239 e. The quantitative estimate of drug-likeness (QED) is 0.638. The molecule has 1 aliphatic heterocycles. The predicted molar refractivity (Wildman–Crippen MR) is 54.4 cm³/mol. The molecule has 0 bridgehead atoms. The molecule has 1 amide bonds. The predicted octanol–water partition coefficient (Wildman–Crippen LogP) is 1.79. The first-order chi connectivity index (χ1) is 6.57. The lowest BCUT2D eigenvalue weighted by atomic mass is 9.91. The average molecular weight is 194 g/mol. The zero-order chi connectivity index (χ0) is 10.7. The third-order valence-corrected chi connectivity index (χ3v) is 3.22. The number of amides is 1. The highest BCUT2D eigenvalue weighted by Crippen LogP contribution is 2.24. The summed E-state index contributed by atoms with van der Waals surface area (Å²) in [5.41, 5.74) is 0. The third-order valence-electron chi connectivity index (χ3n) is 3.22. The molecular formula is C11H18N2O. The molecule has 1 fully saturated rings. The summed E-state index contributed by atoms with van der Waals surface area (Å²) >= 11 is 0. The SMILES string of the molecule is CC(C#N)C(=O)N1CCCC(C)C1C. The highest BCUT2D eigenvalue weighted by atomic mass is 16.2. The molecule has 0 saturated carbocycles. The standard InChI is InChI=1S/C11H18N2O/c1-8-5-4-6-13(10(8)3)11(14)9(2)7-12/h8-10H,4-6H2,1-3H3. The fourth-order valence-corrected chi connectivity index (χ4v) is 1.95. The van der Waals surface area contributed by atoms with Gasteiger partial charge in [0.15, 0.2) is 0 Å². The van der Waals surface area contributed by atoms with Crippen LogP contribution in [0.25, 0.3) is 0 Å². The topological polar surface area (TPSA) is 44.1 Å². The van der Waals surface area contributed by atoms with Crippen molar-refractivity contribution >= 4 is 5.91 Å². The second kappa shape index (κ2) is 4.45. The lowest BCUT2D eigenvalue weighted by Gasteiger charge is -2.38. The van der Waals surface area contributed by atoms with Crippen molar-refractivity contribution in [2.75, 3.05) is 6.54 Å². The van der Waals surface area contributed by atoms with Crippen LogP contribution in [0.3, 0.4) is 0 Å². The van der Waals surface area contributed by atoms with Crippen molar-refractivity contribution in [3.05, 3.63) is 0 Å². The molecule has 3 nitrogen and oxygen atoms in total. The molecule has 0 aromatic heterocycles. The number of rotatable bonds is 1. The van der Waals surface area contributed by atoms with Crippen LogP contribution in [0.4, 0.5) is 0 Å². The lowest BCUT2D eigenvalue weighted by molar-refractivity contribution is -0.137. The van der Waals surface area contributed by atoms with Crippen LogP contribution in [0.1, 0.15) is 33.6 Å². The van der Waals surface area contributed by atoms with Crippen molar-refractivity contribution < 1.29 is 4.79 Å². The van der Waals surface area contributed by atoms with E-state index in [1.54, 1.807) is 6.92 Å². The molecule has 14 heavy (non-hydrogen) atoms. The zero-order valence-corrected chi connectivity index (χ0v) is 9.16. The van der Waals surface area contributed by atoms with Crippen LogP contribution in [0.5, 0.6) is 0 Å². The molecule has 3 heteroatoms. The molecule has 0 aliphatic carbocycles. The van der Waals surface area contributed by atoms with E-state index in [9.17, 15) is 4.79 Å². The third kappa shape index (κ3) is 2.06. The molecule has 1 aliphatic rings. The second-order valence-electron chi connectivity index (χ2n) is 4.24. The number of carbonyl (C=O) groups excluding carboxylic acids is 1. The Morgan fingerprint density at radius 3 is 2.79 bits per heavy atom. The van der Waals surface area contributed by atoms with Gasteiger partial charge in [-0.1, -0.05) is 6.92 Å². The van der Waals surface area contributed by atoms with Gasteiger partial charge in [0.05, 0.1) is 6.07 Å². The average Bonchev–Trinajstić information content (AvgIpc) is 2.20. The second-order valence-corrected chi connectivity index (χ2v) is 4.24. The van der Waals surface area contributed by atoms with Gasteiger partial charge >= 0.3 is 0 Å². The van der Waals surface area contributed by atoms with Gasteiger partial charge in [0.2, 0.25) is 5.91 Å². The first-order valence-corrected chi connectivity index (χ1v) is 5.28. The Bertz CT molecular complexity index is 257. The van der Waals surface area contributed by atoms with Crippen molar-refractivity contribution in [1.29, 1.82) is 5.26 Å². The molecule has 1 heterocycles. The van der Waals surface area contributed by atoms with Crippen LogP contribution in [0, 0.1) is 23.2 Å². The van der Waals surface area contributed by atoms with Crippen LogP contribution in [-0.4, -0.2) is 23.4 Å². The van der Waals surface area contributed by atoms with Crippen molar-refractivity contribution in [2.45, 2.75) is 39.7 Å². The van der Waals surface area contributed by atoms with Crippen molar-refractivity contribution in [2.24, 2.45) is 11.8 Å². The maximum atomic E-state index is 11.8. The van der Waals surface area contributed by atoms with Gasteiger partial charge in [-0.2, -0.15) is 5.26 Å². The van der Waals surface area contributed by atoms with Gasteiger partial charge in [0.1, 0.15) is 5.92 Å². The summed E-state index contributed by atoms with van der Waals surface area (Å²) in [6.45, 7) is 6.73. The Morgan fingerprint density at radius 1 is 1.57 bits per heavy atom. The summed E-state index contributed by atoms with van der Waals surface area (Å²) in [7, 11) is 0. The summed E-state index contributed by atoms with van der Waals surface area (Å²) in [5.74, 6) is 0.0490. The zero-order valence-electron chi connectivity index (χ0n) is 9.16. The van der Waals surface area contributed by atoms with E-state index < -0.39 is 5.92 Å². The van der Waals surface area contributed by atoms with Gasteiger partial charge in [-0.05, 0) is 32.6 Å². The minimum absolute atomic E-state index is 0.00782. The Hall–Kier alpha value is -1.04. The number of carbonyl (C=O) groups is 1. The van der Waals surface area contributed by atoms with Gasteiger partial charge in [-0.15, -0.1) is 0 Å². The summed E-state index contributed by atoms with van der Waals surface area (Å²) in [5, 5.41) is 8.69. The molecule has 0 N–H and O–H groups in total. The smallest absolute Gasteiger partial charge is 0.239 e. The molecule has 78 valence electrons. The molecular weight excluding hydrogens is 176 g/mol. The van der Waals surface area contributed by atoms with Crippen LogP contribution < -0.4 is 0 Å². The minimum atomic E-state index is -0.497. The van der Waals surface area contributed by atoms with E-state index in [2.05, 4.69) is 13.8 Å². The summed E-state index contributed by atoms with van der Waals surface area (Å²) in [6.07, 6.45) is 2.25. The number of likely N-dealkylation sites (tertiary alicyclic amines) is 1. The highest BCUT2D eigenvalue weighted by molar-refractivity contribution is 5.81. The van der Waals surface area contributed by atoms with Gasteiger partial charge in [-0.3, -0.25) is 4.79 Å². The Kier molecular flexibility index (Phi) is 3.51. The van der Waals surface area contributed by atoms with Gasteiger partial charge in [-0.25, -0.2) is 0 Å². The minimum Gasteiger partial charge on any atom is -0.339 e. The Labute approximate surface area is 85.7 Å². The normalized spacial score (nSPS) is 29.4. The van der Waals surface area contributed by atoms with Gasteiger partial charge in [0, 0.05) is 12.6 Å². The fraction of sp³-hybridized carbons (Fsp3) is 0.818. The molecule has 0 aromatic rings. The van der Waals surface area contributed by atoms with Crippen molar-refractivity contribution in [1.82, 2.24) is 4.90 Å². The van der Waals surface area contributed by atoms with Crippen molar-refractivity contribution in [3.8, 4) is 6.07 Å². The van der Waals surface area contributed by atoms with E-state index in [1.807, 2.05) is 11.0 Å². The van der Waals surface area contributed by atoms with E-state index in [0.717, 1.165) is 13.0 Å². The summed E-state index contributed by atoms with van der Waals surface area (Å²) in [4.78, 5) is 13.7. The molecule has 0 spiro atoms. The highest BCUT2D eigenvalue weighted by Gasteiger charge is 2.30. The molecule has 1 saturated heterocycles. The maximum absolute atomic E-state index is 11.8. The number of nitriles is 1. The number of hydrogen-bond acceptors (Lipinski definition) is 2. The largest absolute Gasteiger partial charge is 0.339 e. The lowest BCUT2D eigenvalue weighted by Crippen LogP contribution is -2.47. The van der Waals surface area contributed by atoms with Crippen LogP contribution >= 0.6 is 0 Å². The Balaban J connectivity index is 2.68. The number of hydrogen-bond donors (Lipinski definition) is 0. The van der Waals surface area contributed by atoms with E-state index in [1.165, 1.54) is 6.42 Å². The first-order valence-electron chi connectivity index (χ1n) is 5.28. The molecule has 3 atom stereocenters. The monoisotopic (exact) mass is 194 g/mol. The summed E-state index contributed by atoms with van der Waals surface area (Å²) < 4.78 is 0. The summed E-state index contributed by atoms with van der Waals surface area (Å²) in [6, 6.07) is 2.29. The van der Waals surface area contributed by atoms with Crippen LogP contribution in [0.2, 0.25) is 0 Å². The van der Waals surface area contributed by atoms with Gasteiger partial charge < -0.3 is 4.90 Å². The number of piperidine rings is 1. The molecule has 0 radical (unpaired) electrons. The van der Waals surface area contributed by atoms with Crippen LogP contribution in [-0.2, 0) is 4.79 Å². The van der Waals surface area contributed by atoms with Crippen molar-refractivity contribution in [3.63, 3.8) is 0 Å². The molecule has 3 unspecified atom stereocenters. The van der Waals surface area contributed by atoms with E-state index >= 15 is 0 Å².